The van der Waals surface area contributed by atoms with Gasteiger partial charge in [-0.1, -0.05) is 0 Å². The smallest absolute Gasteiger partial charge is 0.341 e. The Balaban J connectivity index is 2.56. The molecule has 1 atom stereocenters. The lowest BCUT2D eigenvalue weighted by Crippen LogP contribution is -2.54. The summed E-state index contributed by atoms with van der Waals surface area (Å²) in [5.74, 6) is -7.44. The molecule has 2 amide bonds. The first-order valence-electron chi connectivity index (χ1n) is 6.02. The van der Waals surface area contributed by atoms with Gasteiger partial charge in [-0.2, -0.15) is 8.78 Å². The second-order valence-corrected chi connectivity index (χ2v) is 4.50. The van der Waals surface area contributed by atoms with Crippen molar-refractivity contribution in [1.82, 2.24) is 10.2 Å². The van der Waals surface area contributed by atoms with E-state index in [1.165, 1.54) is 11.8 Å². The summed E-state index contributed by atoms with van der Waals surface area (Å²) in [5.41, 5.74) is 0. The van der Waals surface area contributed by atoms with Crippen molar-refractivity contribution < 1.29 is 27.2 Å². The van der Waals surface area contributed by atoms with Gasteiger partial charge in [0, 0.05) is 13.1 Å². The second kappa shape index (κ2) is 6.21. The Morgan fingerprint density at radius 2 is 1.68 bits per heavy atom. The Kier molecular flexibility index (Phi) is 5.13. The summed E-state index contributed by atoms with van der Waals surface area (Å²) >= 11 is 0. The number of halogens is 4. The third-order valence-corrected chi connectivity index (χ3v) is 2.96. The molecular weight excluding hydrogens is 268 g/mol. The number of alkyl halides is 4. The number of carbonyl (C=O) groups excluding carboxylic acids is 2. The standard InChI is InChI=1S/C11H16F4N2O2/c1-7(8(18)17-5-3-2-4-6-17)16-10(19)11(14,15)9(12)13/h7,9H,2-6H2,1H3,(H,16,19). The third-order valence-electron chi connectivity index (χ3n) is 2.96. The highest BCUT2D eigenvalue weighted by Gasteiger charge is 2.49. The molecule has 1 fully saturated rings. The van der Waals surface area contributed by atoms with Crippen LogP contribution in [0.1, 0.15) is 26.2 Å². The number of carbonyl (C=O) groups is 2. The van der Waals surface area contributed by atoms with Crippen molar-refractivity contribution in [1.29, 1.82) is 0 Å². The van der Waals surface area contributed by atoms with Crippen molar-refractivity contribution in [3.05, 3.63) is 0 Å². The minimum atomic E-state index is -4.78. The van der Waals surface area contributed by atoms with E-state index < -0.39 is 30.2 Å². The summed E-state index contributed by atoms with van der Waals surface area (Å²) in [4.78, 5) is 24.2. The van der Waals surface area contributed by atoms with Crippen LogP contribution in [0.15, 0.2) is 0 Å². The molecule has 1 rings (SSSR count). The molecule has 1 unspecified atom stereocenters. The average Bonchev–Trinajstić information content (AvgIpc) is 2.38. The summed E-state index contributed by atoms with van der Waals surface area (Å²) in [5, 5.41) is 1.64. The van der Waals surface area contributed by atoms with Crippen LogP contribution in [0.3, 0.4) is 0 Å². The first-order chi connectivity index (χ1) is 8.76. The number of nitrogens with one attached hydrogen (secondary N) is 1. The Morgan fingerprint density at radius 3 is 2.16 bits per heavy atom. The molecule has 1 saturated heterocycles. The molecule has 4 nitrogen and oxygen atoms in total. The van der Waals surface area contributed by atoms with Crippen LogP contribution in [0, 0.1) is 0 Å². The highest BCUT2D eigenvalue weighted by atomic mass is 19.3. The molecule has 0 aromatic rings. The molecule has 0 saturated carbocycles. The maximum atomic E-state index is 12.7. The maximum absolute atomic E-state index is 12.7. The zero-order valence-corrected chi connectivity index (χ0v) is 10.5. The summed E-state index contributed by atoms with van der Waals surface area (Å²) in [7, 11) is 0. The predicted molar refractivity (Wildman–Crippen MR) is 59.0 cm³/mol. The molecule has 8 heteroatoms. The van der Waals surface area contributed by atoms with E-state index in [2.05, 4.69) is 0 Å². The fraction of sp³-hybridized carbons (Fsp3) is 0.818. The van der Waals surface area contributed by atoms with E-state index in [-0.39, 0.29) is 0 Å². The number of likely N-dealkylation sites (tertiary alicyclic amines) is 1. The van der Waals surface area contributed by atoms with Crippen molar-refractivity contribution in [3.8, 4) is 0 Å². The van der Waals surface area contributed by atoms with Gasteiger partial charge >= 0.3 is 12.3 Å². The van der Waals surface area contributed by atoms with Crippen molar-refractivity contribution in [2.45, 2.75) is 44.6 Å². The summed E-state index contributed by atoms with van der Waals surface area (Å²) in [6, 6.07) is -1.24. The van der Waals surface area contributed by atoms with Gasteiger partial charge in [0.2, 0.25) is 5.91 Å². The lowest BCUT2D eigenvalue weighted by Gasteiger charge is -2.29. The van der Waals surface area contributed by atoms with Gasteiger partial charge < -0.3 is 10.2 Å². The molecule has 1 aliphatic heterocycles. The monoisotopic (exact) mass is 284 g/mol. The van der Waals surface area contributed by atoms with Crippen molar-refractivity contribution >= 4 is 11.8 Å². The zero-order valence-electron chi connectivity index (χ0n) is 10.5. The van der Waals surface area contributed by atoms with Crippen LogP contribution in [0.5, 0.6) is 0 Å². The van der Waals surface area contributed by atoms with Gasteiger partial charge in [-0.3, -0.25) is 9.59 Å². The normalized spacial score (nSPS) is 18.3. The van der Waals surface area contributed by atoms with Crippen LogP contribution >= 0.6 is 0 Å². The van der Waals surface area contributed by atoms with E-state index in [0.717, 1.165) is 19.3 Å². The van der Waals surface area contributed by atoms with E-state index >= 15 is 0 Å². The molecule has 110 valence electrons. The van der Waals surface area contributed by atoms with Gasteiger partial charge in [-0.05, 0) is 26.2 Å². The van der Waals surface area contributed by atoms with E-state index in [4.69, 9.17) is 0 Å². The third kappa shape index (κ3) is 3.81. The van der Waals surface area contributed by atoms with Crippen molar-refractivity contribution in [2.75, 3.05) is 13.1 Å². The summed E-state index contributed by atoms with van der Waals surface area (Å²) in [6.07, 6.45) is -1.50. The highest BCUT2D eigenvalue weighted by molar-refractivity contribution is 5.90. The van der Waals surface area contributed by atoms with E-state index in [1.54, 1.807) is 5.32 Å². The lowest BCUT2D eigenvalue weighted by molar-refractivity contribution is -0.171. The van der Waals surface area contributed by atoms with E-state index in [9.17, 15) is 27.2 Å². The molecule has 1 heterocycles. The zero-order chi connectivity index (χ0) is 14.6. The molecule has 1 N–H and O–H groups in total. The van der Waals surface area contributed by atoms with Crippen LogP contribution in [0.4, 0.5) is 17.6 Å². The van der Waals surface area contributed by atoms with Gasteiger partial charge in [0.15, 0.2) is 0 Å². The minimum absolute atomic E-state index is 0.490. The molecule has 0 bridgehead atoms. The first-order valence-corrected chi connectivity index (χ1v) is 6.02. The van der Waals surface area contributed by atoms with Gasteiger partial charge in [0.1, 0.15) is 6.04 Å². The number of hydrogen-bond acceptors (Lipinski definition) is 2. The molecule has 19 heavy (non-hydrogen) atoms. The van der Waals surface area contributed by atoms with Crippen molar-refractivity contribution in [2.24, 2.45) is 0 Å². The van der Waals surface area contributed by atoms with Gasteiger partial charge in [-0.15, -0.1) is 0 Å². The van der Waals surface area contributed by atoms with E-state index in [0.29, 0.717) is 13.1 Å². The maximum Gasteiger partial charge on any atom is 0.383 e. The van der Waals surface area contributed by atoms with E-state index in [1.807, 2.05) is 0 Å². The SMILES string of the molecule is CC(NC(=O)C(F)(F)C(F)F)C(=O)N1CCCCC1. The number of rotatable bonds is 4. The Labute approximate surface area is 108 Å². The molecule has 0 radical (unpaired) electrons. The molecule has 0 aromatic carbocycles. The number of piperidine rings is 1. The molecule has 0 spiro atoms. The molecule has 1 aliphatic rings. The average molecular weight is 284 g/mol. The number of amides is 2. The van der Waals surface area contributed by atoms with Gasteiger partial charge in [0.05, 0.1) is 0 Å². The topological polar surface area (TPSA) is 49.4 Å². The fourth-order valence-corrected chi connectivity index (χ4v) is 1.84. The van der Waals surface area contributed by atoms with Crippen LogP contribution in [0.25, 0.3) is 0 Å². The summed E-state index contributed by atoms with van der Waals surface area (Å²) < 4.78 is 49.4. The van der Waals surface area contributed by atoms with Crippen LogP contribution in [-0.4, -0.2) is 48.2 Å². The molecule has 0 aromatic heterocycles. The predicted octanol–water partition coefficient (Wildman–Crippen LogP) is 1.40. The fourth-order valence-electron chi connectivity index (χ4n) is 1.84. The summed E-state index contributed by atoms with van der Waals surface area (Å²) in [6.45, 7) is 2.19. The first kappa shape index (κ1) is 15.7. The molecular formula is C11H16F4N2O2. The quantitative estimate of drug-likeness (QED) is 0.793. The largest absolute Gasteiger partial charge is 0.383 e. The minimum Gasteiger partial charge on any atom is -0.341 e. The molecule has 0 aliphatic carbocycles. The van der Waals surface area contributed by atoms with Gasteiger partial charge in [-0.25, -0.2) is 8.78 Å². The van der Waals surface area contributed by atoms with Crippen molar-refractivity contribution in [3.63, 3.8) is 0 Å². The van der Waals surface area contributed by atoms with Crippen LogP contribution < -0.4 is 5.32 Å². The lowest BCUT2D eigenvalue weighted by atomic mass is 10.1. The second-order valence-electron chi connectivity index (χ2n) is 4.50. The number of hydrogen-bond donors (Lipinski definition) is 1. The van der Waals surface area contributed by atoms with Gasteiger partial charge in [0.25, 0.3) is 5.91 Å². The van der Waals surface area contributed by atoms with Crippen LogP contribution in [-0.2, 0) is 9.59 Å². The highest BCUT2D eigenvalue weighted by Crippen LogP contribution is 2.23. The Bertz CT molecular complexity index is 344. The van der Waals surface area contributed by atoms with Crippen LogP contribution in [0.2, 0.25) is 0 Å². The Hall–Kier alpha value is -1.34. The number of nitrogens with zero attached hydrogens (tertiary/aromatic N) is 1. The Morgan fingerprint density at radius 1 is 1.16 bits per heavy atom.